The van der Waals surface area contributed by atoms with Crippen molar-refractivity contribution in [3.05, 3.63) is 93.1 Å². The number of aromatic nitrogens is 1. The normalized spacial score (nSPS) is 10.5. The predicted molar refractivity (Wildman–Crippen MR) is 102 cm³/mol. The number of anilines is 1. The first-order valence-electron chi connectivity index (χ1n) is 8.06. The summed E-state index contributed by atoms with van der Waals surface area (Å²) in [5.41, 5.74) is 1.19. The summed E-state index contributed by atoms with van der Waals surface area (Å²) in [4.78, 5) is 24.7. The van der Waals surface area contributed by atoms with Gasteiger partial charge in [-0.1, -0.05) is 23.7 Å². The minimum Gasteiger partial charge on any atom is -0.495 e. The number of hydrogen-bond acceptors (Lipinski definition) is 3. The number of ether oxygens (including phenoxy) is 1. The van der Waals surface area contributed by atoms with Gasteiger partial charge in [0.05, 0.1) is 24.9 Å². The lowest BCUT2D eigenvalue weighted by Gasteiger charge is -2.12. The van der Waals surface area contributed by atoms with E-state index in [0.29, 0.717) is 22.0 Å². The molecule has 0 saturated carbocycles. The minimum atomic E-state index is -0.413. The highest BCUT2D eigenvalue weighted by Crippen LogP contribution is 2.28. The van der Waals surface area contributed by atoms with Crippen LogP contribution in [0, 0.1) is 5.82 Å². The molecule has 0 unspecified atom stereocenters. The standard InChI is InChI=1S/C20H16ClFN2O3/c1-27-18-8-5-15(21)10-17(18)23-20(26)14-4-9-19(25)24(12-14)11-13-2-6-16(22)7-3-13/h2-10,12H,11H2,1H3,(H,23,26). The molecule has 0 aliphatic heterocycles. The molecule has 2 aromatic carbocycles. The maximum Gasteiger partial charge on any atom is 0.257 e. The molecule has 0 aliphatic rings. The quantitative estimate of drug-likeness (QED) is 0.722. The summed E-state index contributed by atoms with van der Waals surface area (Å²) in [6.07, 6.45) is 1.46. The topological polar surface area (TPSA) is 60.3 Å². The van der Waals surface area contributed by atoms with E-state index in [9.17, 15) is 14.0 Å². The first kappa shape index (κ1) is 18.7. The van der Waals surface area contributed by atoms with E-state index in [2.05, 4.69) is 5.32 Å². The molecule has 5 nitrogen and oxygen atoms in total. The third kappa shape index (κ3) is 4.54. The van der Waals surface area contributed by atoms with Crippen LogP contribution in [0.25, 0.3) is 0 Å². The molecule has 0 radical (unpaired) electrons. The number of rotatable bonds is 5. The molecule has 1 aromatic heterocycles. The zero-order valence-corrected chi connectivity index (χ0v) is 15.2. The van der Waals surface area contributed by atoms with E-state index in [4.69, 9.17) is 16.3 Å². The van der Waals surface area contributed by atoms with Crippen molar-refractivity contribution in [1.82, 2.24) is 4.57 Å². The first-order valence-corrected chi connectivity index (χ1v) is 8.44. The van der Waals surface area contributed by atoms with Crippen molar-refractivity contribution in [2.45, 2.75) is 6.54 Å². The lowest BCUT2D eigenvalue weighted by Crippen LogP contribution is -2.22. The molecule has 1 amide bonds. The average Bonchev–Trinajstić information content (AvgIpc) is 2.65. The zero-order valence-electron chi connectivity index (χ0n) is 14.4. The zero-order chi connectivity index (χ0) is 19.4. The highest BCUT2D eigenvalue weighted by molar-refractivity contribution is 6.31. The lowest BCUT2D eigenvalue weighted by atomic mass is 10.2. The molecule has 7 heteroatoms. The molecule has 1 N–H and O–H groups in total. The second-order valence-corrected chi connectivity index (χ2v) is 6.25. The van der Waals surface area contributed by atoms with Gasteiger partial charge in [-0.15, -0.1) is 0 Å². The Kier molecular flexibility index (Phi) is 5.57. The summed E-state index contributed by atoms with van der Waals surface area (Å²) in [6, 6.07) is 13.4. The summed E-state index contributed by atoms with van der Waals surface area (Å²) >= 11 is 5.97. The molecular weight excluding hydrogens is 371 g/mol. The van der Waals surface area contributed by atoms with Crippen molar-refractivity contribution >= 4 is 23.2 Å². The SMILES string of the molecule is COc1ccc(Cl)cc1NC(=O)c1ccc(=O)n(Cc2ccc(F)cc2)c1. The minimum absolute atomic E-state index is 0.223. The molecule has 0 saturated heterocycles. The molecule has 0 spiro atoms. The molecule has 3 aromatic rings. The van der Waals surface area contributed by atoms with E-state index in [0.717, 1.165) is 5.56 Å². The monoisotopic (exact) mass is 386 g/mol. The van der Waals surface area contributed by atoms with Crippen molar-refractivity contribution in [3.63, 3.8) is 0 Å². The number of benzene rings is 2. The maximum atomic E-state index is 13.0. The Hall–Kier alpha value is -3.12. The number of hydrogen-bond donors (Lipinski definition) is 1. The molecule has 0 aliphatic carbocycles. The molecule has 138 valence electrons. The number of pyridine rings is 1. The third-order valence-electron chi connectivity index (χ3n) is 3.92. The van der Waals surface area contributed by atoms with Crippen LogP contribution in [0.2, 0.25) is 5.02 Å². The fraction of sp³-hybridized carbons (Fsp3) is 0.100. The Morgan fingerprint density at radius 2 is 1.89 bits per heavy atom. The van der Waals surface area contributed by atoms with Gasteiger partial charge in [0.2, 0.25) is 0 Å². The van der Waals surface area contributed by atoms with Gasteiger partial charge in [-0.25, -0.2) is 4.39 Å². The summed E-state index contributed by atoms with van der Waals surface area (Å²) in [5, 5.41) is 3.17. The number of amides is 1. The van der Waals surface area contributed by atoms with Crippen LogP contribution in [0.3, 0.4) is 0 Å². The molecule has 0 fully saturated rings. The van der Waals surface area contributed by atoms with Gasteiger partial charge in [0.15, 0.2) is 0 Å². The number of carbonyl (C=O) groups excluding carboxylic acids is 1. The number of nitrogens with zero attached hydrogens (tertiary/aromatic N) is 1. The van der Waals surface area contributed by atoms with Crippen LogP contribution < -0.4 is 15.6 Å². The van der Waals surface area contributed by atoms with Crippen molar-refractivity contribution in [1.29, 1.82) is 0 Å². The highest BCUT2D eigenvalue weighted by Gasteiger charge is 2.12. The second-order valence-electron chi connectivity index (χ2n) is 5.81. The van der Waals surface area contributed by atoms with Gasteiger partial charge in [-0.2, -0.15) is 0 Å². The van der Waals surface area contributed by atoms with Gasteiger partial charge >= 0.3 is 0 Å². The Bertz CT molecular complexity index is 1030. The van der Waals surface area contributed by atoms with Crippen molar-refractivity contribution < 1.29 is 13.9 Å². The Balaban J connectivity index is 1.85. The molecule has 0 atom stereocenters. The van der Waals surface area contributed by atoms with Gasteiger partial charge < -0.3 is 14.6 Å². The average molecular weight is 387 g/mol. The van der Waals surface area contributed by atoms with E-state index < -0.39 is 5.91 Å². The van der Waals surface area contributed by atoms with Gasteiger partial charge in [0, 0.05) is 17.3 Å². The predicted octanol–water partition coefficient (Wildman–Crippen LogP) is 3.95. The Morgan fingerprint density at radius 1 is 1.15 bits per heavy atom. The van der Waals surface area contributed by atoms with Crippen LogP contribution in [0.15, 0.2) is 65.6 Å². The van der Waals surface area contributed by atoms with Crippen LogP contribution in [0.1, 0.15) is 15.9 Å². The van der Waals surface area contributed by atoms with Gasteiger partial charge in [0.1, 0.15) is 11.6 Å². The van der Waals surface area contributed by atoms with Crippen molar-refractivity contribution in [2.24, 2.45) is 0 Å². The Labute approximate surface area is 160 Å². The largest absolute Gasteiger partial charge is 0.495 e. The van der Waals surface area contributed by atoms with Gasteiger partial charge in [-0.05, 0) is 42.0 Å². The fourth-order valence-electron chi connectivity index (χ4n) is 2.55. The maximum absolute atomic E-state index is 13.0. The summed E-state index contributed by atoms with van der Waals surface area (Å²) < 4.78 is 19.6. The number of nitrogens with one attached hydrogen (secondary N) is 1. The van der Waals surface area contributed by atoms with E-state index in [1.807, 2.05) is 0 Å². The van der Waals surface area contributed by atoms with Crippen LogP contribution >= 0.6 is 11.6 Å². The smallest absolute Gasteiger partial charge is 0.257 e. The molecular formula is C20H16ClFN2O3. The van der Waals surface area contributed by atoms with E-state index in [-0.39, 0.29) is 17.9 Å². The van der Waals surface area contributed by atoms with Crippen molar-refractivity contribution in [2.75, 3.05) is 12.4 Å². The highest BCUT2D eigenvalue weighted by atomic mass is 35.5. The number of carbonyl (C=O) groups is 1. The summed E-state index contributed by atoms with van der Waals surface area (Å²) in [7, 11) is 1.49. The third-order valence-corrected chi connectivity index (χ3v) is 4.16. The molecule has 0 bridgehead atoms. The van der Waals surface area contributed by atoms with E-state index >= 15 is 0 Å². The van der Waals surface area contributed by atoms with Crippen LogP contribution in [0.4, 0.5) is 10.1 Å². The lowest BCUT2D eigenvalue weighted by molar-refractivity contribution is 0.102. The molecule has 3 rings (SSSR count). The van der Waals surface area contributed by atoms with Crippen LogP contribution in [0.5, 0.6) is 5.75 Å². The summed E-state index contributed by atoms with van der Waals surface area (Å²) in [6.45, 7) is 0.223. The van der Waals surface area contributed by atoms with Crippen LogP contribution in [-0.4, -0.2) is 17.6 Å². The number of methoxy groups -OCH3 is 1. The number of halogens is 2. The van der Waals surface area contributed by atoms with Gasteiger partial charge in [-0.3, -0.25) is 9.59 Å². The fourth-order valence-corrected chi connectivity index (χ4v) is 2.72. The van der Waals surface area contributed by atoms with E-state index in [1.165, 1.54) is 42.1 Å². The van der Waals surface area contributed by atoms with Gasteiger partial charge in [0.25, 0.3) is 11.5 Å². The molecule has 1 heterocycles. The van der Waals surface area contributed by atoms with E-state index in [1.54, 1.807) is 30.3 Å². The molecule has 27 heavy (non-hydrogen) atoms. The Morgan fingerprint density at radius 3 is 2.59 bits per heavy atom. The van der Waals surface area contributed by atoms with Crippen LogP contribution in [-0.2, 0) is 6.54 Å². The summed E-state index contributed by atoms with van der Waals surface area (Å²) in [5.74, 6) is -0.300. The first-order chi connectivity index (χ1) is 13.0. The second kappa shape index (κ2) is 8.05. The van der Waals surface area contributed by atoms with Crippen molar-refractivity contribution in [3.8, 4) is 5.75 Å².